The van der Waals surface area contributed by atoms with E-state index in [1.54, 1.807) is 14.0 Å². The van der Waals surface area contributed by atoms with E-state index in [0.717, 1.165) is 4.31 Å². The Bertz CT molecular complexity index is 597. The zero-order chi connectivity index (χ0) is 14.6. The Hall–Kier alpha value is -1.36. The van der Waals surface area contributed by atoms with Gasteiger partial charge in [0.15, 0.2) is 0 Å². The summed E-state index contributed by atoms with van der Waals surface area (Å²) >= 11 is 5.91. The average molecular weight is 303 g/mol. The molecule has 1 rings (SSSR count). The summed E-state index contributed by atoms with van der Waals surface area (Å²) in [5.74, 6) is 0.0217. The number of nitrogens with one attached hydrogen (secondary N) is 1. The molecule has 0 aliphatic carbocycles. The number of rotatable bonds is 5. The second-order valence-electron chi connectivity index (χ2n) is 4.07. The fourth-order valence-corrected chi connectivity index (χ4v) is 3.01. The van der Waals surface area contributed by atoms with Gasteiger partial charge in [-0.05, 0) is 13.0 Å². The monoisotopic (exact) mass is 302 g/mol. The van der Waals surface area contributed by atoms with Crippen molar-refractivity contribution in [2.45, 2.75) is 11.8 Å². The van der Waals surface area contributed by atoms with Gasteiger partial charge in [-0.25, -0.2) is 13.4 Å². The Morgan fingerprint density at radius 2 is 2.26 bits per heavy atom. The predicted octanol–water partition coefficient (Wildman–Crippen LogP) is 1.56. The SMILES string of the molecule is CNc1ncc(S(=O)(=O)N(C)CC(C)C#N)cc1Cl. The summed E-state index contributed by atoms with van der Waals surface area (Å²) in [5, 5.41) is 11.7. The second-order valence-corrected chi connectivity index (χ2v) is 6.52. The van der Waals surface area contributed by atoms with E-state index in [9.17, 15) is 8.42 Å². The molecule has 0 radical (unpaired) electrons. The molecule has 1 unspecified atom stereocenters. The minimum atomic E-state index is -3.68. The molecule has 0 bridgehead atoms. The first kappa shape index (κ1) is 15.7. The van der Waals surface area contributed by atoms with Gasteiger partial charge >= 0.3 is 0 Å². The van der Waals surface area contributed by atoms with Gasteiger partial charge in [0.25, 0.3) is 0 Å². The summed E-state index contributed by atoms with van der Waals surface area (Å²) in [6.07, 6.45) is 1.24. The number of nitriles is 1. The highest BCUT2D eigenvalue weighted by molar-refractivity contribution is 7.89. The average Bonchev–Trinajstić information content (AvgIpc) is 2.38. The minimum Gasteiger partial charge on any atom is -0.372 e. The van der Waals surface area contributed by atoms with E-state index in [1.807, 2.05) is 6.07 Å². The Morgan fingerprint density at radius 1 is 1.63 bits per heavy atom. The molecule has 1 heterocycles. The molecule has 0 saturated carbocycles. The molecule has 1 aromatic heterocycles. The van der Waals surface area contributed by atoms with Crippen molar-refractivity contribution in [1.82, 2.24) is 9.29 Å². The maximum atomic E-state index is 12.2. The van der Waals surface area contributed by atoms with Gasteiger partial charge < -0.3 is 5.32 Å². The summed E-state index contributed by atoms with van der Waals surface area (Å²) in [7, 11) is -0.622. The largest absolute Gasteiger partial charge is 0.372 e. The van der Waals surface area contributed by atoms with Gasteiger partial charge in [-0.3, -0.25) is 0 Å². The van der Waals surface area contributed by atoms with Crippen LogP contribution in [0.1, 0.15) is 6.92 Å². The molecule has 0 aliphatic heterocycles. The van der Waals surface area contributed by atoms with E-state index in [-0.39, 0.29) is 22.4 Å². The lowest BCUT2D eigenvalue weighted by Crippen LogP contribution is -2.30. The summed E-state index contributed by atoms with van der Waals surface area (Å²) in [4.78, 5) is 3.93. The maximum Gasteiger partial charge on any atom is 0.244 e. The fourth-order valence-electron chi connectivity index (χ4n) is 1.45. The Kier molecular flexibility index (Phi) is 5.11. The van der Waals surface area contributed by atoms with Gasteiger partial charge in [0, 0.05) is 26.8 Å². The van der Waals surface area contributed by atoms with Gasteiger partial charge in [-0.2, -0.15) is 9.57 Å². The van der Waals surface area contributed by atoms with Gasteiger partial charge in [-0.1, -0.05) is 11.6 Å². The Morgan fingerprint density at radius 3 is 2.74 bits per heavy atom. The number of nitrogens with zero attached hydrogens (tertiary/aromatic N) is 3. The Labute approximate surface area is 118 Å². The third-order valence-corrected chi connectivity index (χ3v) is 4.59. The molecular formula is C11H15ClN4O2S. The number of aromatic nitrogens is 1. The molecule has 19 heavy (non-hydrogen) atoms. The highest BCUT2D eigenvalue weighted by atomic mass is 35.5. The maximum absolute atomic E-state index is 12.2. The van der Waals surface area contributed by atoms with Crippen LogP contribution in [0, 0.1) is 17.2 Å². The van der Waals surface area contributed by atoms with Gasteiger partial charge in [0.1, 0.15) is 10.7 Å². The van der Waals surface area contributed by atoms with E-state index < -0.39 is 10.0 Å². The number of hydrogen-bond acceptors (Lipinski definition) is 5. The third kappa shape index (κ3) is 3.56. The van der Waals surface area contributed by atoms with Crippen LogP contribution >= 0.6 is 11.6 Å². The number of sulfonamides is 1. The van der Waals surface area contributed by atoms with Crippen LogP contribution in [-0.4, -0.2) is 38.3 Å². The number of halogens is 1. The molecule has 0 fully saturated rings. The van der Waals surface area contributed by atoms with Gasteiger partial charge in [-0.15, -0.1) is 0 Å². The molecule has 0 aliphatic rings. The molecule has 0 amide bonds. The molecule has 0 saturated heterocycles. The van der Waals surface area contributed by atoms with Crippen molar-refractivity contribution < 1.29 is 8.42 Å². The lowest BCUT2D eigenvalue weighted by molar-refractivity contribution is 0.439. The van der Waals surface area contributed by atoms with Crippen LogP contribution in [0.15, 0.2) is 17.2 Å². The standard InChI is InChI=1S/C11H15ClN4O2S/c1-8(5-13)7-16(3)19(17,18)9-4-10(12)11(14-2)15-6-9/h4,6,8H,7H2,1-3H3,(H,14,15). The fraction of sp³-hybridized carbons (Fsp3) is 0.455. The van der Waals surface area contributed by atoms with Crippen molar-refractivity contribution in [3.63, 3.8) is 0 Å². The summed E-state index contributed by atoms with van der Waals surface area (Å²) in [6.45, 7) is 1.77. The van der Waals surface area contributed by atoms with Crippen LogP contribution in [0.5, 0.6) is 0 Å². The van der Waals surface area contributed by atoms with Crippen LogP contribution in [0.2, 0.25) is 5.02 Å². The van der Waals surface area contributed by atoms with Crippen molar-refractivity contribution in [3.8, 4) is 6.07 Å². The third-order valence-electron chi connectivity index (χ3n) is 2.51. The van der Waals surface area contributed by atoms with Crippen molar-refractivity contribution in [2.24, 2.45) is 5.92 Å². The molecule has 1 aromatic rings. The van der Waals surface area contributed by atoms with E-state index in [1.165, 1.54) is 19.3 Å². The summed E-state index contributed by atoms with van der Waals surface area (Å²) < 4.78 is 25.6. The van der Waals surface area contributed by atoms with Crippen molar-refractivity contribution in [1.29, 1.82) is 5.26 Å². The van der Waals surface area contributed by atoms with Crippen molar-refractivity contribution in [3.05, 3.63) is 17.3 Å². The van der Waals surface area contributed by atoms with Crippen molar-refractivity contribution >= 4 is 27.4 Å². The highest BCUT2D eigenvalue weighted by Crippen LogP contribution is 2.23. The molecule has 1 N–H and O–H groups in total. The predicted molar refractivity (Wildman–Crippen MR) is 73.4 cm³/mol. The zero-order valence-corrected chi connectivity index (χ0v) is 12.5. The van der Waals surface area contributed by atoms with E-state index >= 15 is 0 Å². The first-order chi connectivity index (χ1) is 8.82. The summed E-state index contributed by atoms with van der Waals surface area (Å²) in [5.41, 5.74) is 0. The van der Waals surface area contributed by atoms with E-state index in [4.69, 9.17) is 16.9 Å². The quantitative estimate of drug-likeness (QED) is 0.892. The lowest BCUT2D eigenvalue weighted by Gasteiger charge is -2.18. The number of pyridine rings is 1. The number of anilines is 1. The van der Waals surface area contributed by atoms with Crippen LogP contribution in [-0.2, 0) is 10.0 Å². The smallest absolute Gasteiger partial charge is 0.244 e. The van der Waals surface area contributed by atoms with Crippen LogP contribution in [0.25, 0.3) is 0 Å². The molecule has 104 valence electrons. The first-order valence-corrected chi connectivity index (χ1v) is 7.34. The van der Waals surface area contributed by atoms with Crippen LogP contribution < -0.4 is 5.32 Å². The van der Waals surface area contributed by atoms with Gasteiger partial charge in [0.05, 0.1) is 17.0 Å². The lowest BCUT2D eigenvalue weighted by atomic mass is 10.2. The molecule has 6 nitrogen and oxygen atoms in total. The molecule has 0 spiro atoms. The summed E-state index contributed by atoms with van der Waals surface area (Å²) in [6, 6.07) is 3.33. The zero-order valence-electron chi connectivity index (χ0n) is 10.9. The number of hydrogen-bond donors (Lipinski definition) is 1. The van der Waals surface area contributed by atoms with E-state index in [2.05, 4.69) is 10.3 Å². The van der Waals surface area contributed by atoms with Crippen molar-refractivity contribution in [2.75, 3.05) is 26.0 Å². The first-order valence-electron chi connectivity index (χ1n) is 5.52. The van der Waals surface area contributed by atoms with Gasteiger partial charge in [0.2, 0.25) is 10.0 Å². The van der Waals surface area contributed by atoms with Crippen LogP contribution in [0.4, 0.5) is 5.82 Å². The molecule has 0 aromatic carbocycles. The second kappa shape index (κ2) is 6.19. The molecule has 8 heteroatoms. The topological polar surface area (TPSA) is 86.1 Å². The minimum absolute atomic E-state index is 0.00383. The van der Waals surface area contributed by atoms with Crippen LogP contribution in [0.3, 0.4) is 0 Å². The highest BCUT2D eigenvalue weighted by Gasteiger charge is 2.23. The normalized spacial score (nSPS) is 13.1. The van der Waals surface area contributed by atoms with E-state index in [0.29, 0.717) is 5.82 Å². The molecular weight excluding hydrogens is 288 g/mol. The molecule has 1 atom stereocenters. The Balaban J connectivity index is 3.07.